The van der Waals surface area contributed by atoms with Gasteiger partial charge in [0.1, 0.15) is 0 Å². The summed E-state index contributed by atoms with van der Waals surface area (Å²) in [5, 5.41) is 0. The van der Waals surface area contributed by atoms with Gasteiger partial charge in [-0.1, -0.05) is 0 Å². The molecular formula is C27H52N8. The number of anilines is 3. The van der Waals surface area contributed by atoms with Gasteiger partial charge in [0.15, 0.2) is 0 Å². The largest absolute Gasteiger partial charge is 0.347 e. The van der Waals surface area contributed by atoms with Gasteiger partial charge < -0.3 is 14.7 Å². The summed E-state index contributed by atoms with van der Waals surface area (Å²) in [5.41, 5.74) is 0.401. The van der Waals surface area contributed by atoms with Crippen molar-refractivity contribution in [3.63, 3.8) is 0 Å². The second kappa shape index (κ2) is 9.02. The fraction of sp³-hybridized carbons (Fsp3) is 0.889. The number of nitrogens with zero attached hydrogens (tertiary/aromatic N) is 8. The topological polar surface area (TPSA) is 54.9 Å². The molecular weight excluding hydrogens is 436 g/mol. The van der Waals surface area contributed by atoms with Crippen molar-refractivity contribution in [2.75, 3.05) is 57.0 Å². The van der Waals surface area contributed by atoms with E-state index in [4.69, 9.17) is 15.0 Å². The first-order valence-electron chi connectivity index (χ1n) is 13.2. The first kappa shape index (κ1) is 27.9. The summed E-state index contributed by atoms with van der Waals surface area (Å²) in [6.45, 7) is 18.7. The van der Waals surface area contributed by atoms with Crippen LogP contribution in [0.2, 0.25) is 0 Å². The van der Waals surface area contributed by atoms with Gasteiger partial charge in [0.2, 0.25) is 17.8 Å². The van der Waals surface area contributed by atoms with Gasteiger partial charge in [0.25, 0.3) is 0 Å². The third kappa shape index (κ3) is 5.38. The molecule has 1 aromatic heterocycles. The average molecular weight is 489 g/mol. The third-order valence-corrected chi connectivity index (χ3v) is 9.30. The standard InChI is InChI=1S/C27H52N8/c1-24(2)15-19(16-25(3,4)34(24)13)32(11)22-28-21(31(9)10)29-23(30-22)33(12)20-17-26(5,6)35(14)27(7,8)18-20/h19-20H,15-18H2,1-14H3. The number of likely N-dealkylation sites (tertiary alicyclic amines) is 2. The van der Waals surface area contributed by atoms with Crippen LogP contribution in [0.25, 0.3) is 0 Å². The molecule has 0 radical (unpaired) electrons. The van der Waals surface area contributed by atoms with E-state index in [1.165, 1.54) is 0 Å². The molecule has 2 aliphatic rings. The van der Waals surface area contributed by atoms with Crippen LogP contribution in [0, 0.1) is 0 Å². The Morgan fingerprint density at radius 2 is 0.800 bits per heavy atom. The smallest absolute Gasteiger partial charge is 0.231 e. The normalized spacial score (nSPS) is 24.9. The Balaban J connectivity index is 1.96. The van der Waals surface area contributed by atoms with Crippen LogP contribution in [0.4, 0.5) is 17.8 Å². The van der Waals surface area contributed by atoms with Crippen LogP contribution in [-0.4, -0.2) is 101 Å². The fourth-order valence-corrected chi connectivity index (χ4v) is 6.37. The van der Waals surface area contributed by atoms with E-state index < -0.39 is 0 Å². The van der Waals surface area contributed by atoms with Gasteiger partial charge in [-0.05, 0) is 95.2 Å². The van der Waals surface area contributed by atoms with Crippen LogP contribution in [0.3, 0.4) is 0 Å². The summed E-state index contributed by atoms with van der Waals surface area (Å²) in [5.74, 6) is 2.23. The van der Waals surface area contributed by atoms with Crippen molar-refractivity contribution in [1.29, 1.82) is 0 Å². The van der Waals surface area contributed by atoms with Gasteiger partial charge in [-0.15, -0.1) is 0 Å². The highest BCUT2D eigenvalue weighted by atomic mass is 15.4. The van der Waals surface area contributed by atoms with Crippen LogP contribution >= 0.6 is 0 Å². The zero-order chi connectivity index (χ0) is 26.7. The van der Waals surface area contributed by atoms with Crippen LogP contribution in [-0.2, 0) is 0 Å². The molecule has 0 aliphatic carbocycles. The van der Waals surface area contributed by atoms with Crippen molar-refractivity contribution in [3.05, 3.63) is 0 Å². The Kier molecular flexibility index (Phi) is 7.19. The molecule has 8 heteroatoms. The third-order valence-electron chi connectivity index (χ3n) is 9.30. The predicted molar refractivity (Wildman–Crippen MR) is 149 cm³/mol. The van der Waals surface area contributed by atoms with E-state index in [0.29, 0.717) is 18.0 Å². The van der Waals surface area contributed by atoms with Crippen molar-refractivity contribution in [2.45, 2.75) is 115 Å². The molecule has 200 valence electrons. The lowest BCUT2D eigenvalue weighted by molar-refractivity contribution is -0.0121. The van der Waals surface area contributed by atoms with E-state index in [1.54, 1.807) is 0 Å². The van der Waals surface area contributed by atoms with Crippen LogP contribution < -0.4 is 14.7 Å². The SMILES string of the molecule is CN(C)c1nc(N(C)C2CC(C)(C)N(C)C(C)(C)C2)nc(N(C)C2CC(C)(C)N(C)C(C)(C)C2)n1. The van der Waals surface area contributed by atoms with E-state index in [1.807, 2.05) is 19.0 Å². The summed E-state index contributed by atoms with van der Waals surface area (Å²) >= 11 is 0. The molecule has 1 aromatic rings. The van der Waals surface area contributed by atoms with Crippen LogP contribution in [0.15, 0.2) is 0 Å². The summed E-state index contributed by atoms with van der Waals surface area (Å²) < 4.78 is 0. The lowest BCUT2D eigenvalue weighted by atomic mass is 9.77. The summed E-state index contributed by atoms with van der Waals surface area (Å²) in [7, 11) is 12.8. The Morgan fingerprint density at radius 1 is 0.543 bits per heavy atom. The van der Waals surface area contributed by atoms with Gasteiger partial charge in [-0.3, -0.25) is 9.80 Å². The van der Waals surface area contributed by atoms with Crippen LogP contribution in [0.1, 0.15) is 81.1 Å². The maximum Gasteiger partial charge on any atom is 0.231 e. The van der Waals surface area contributed by atoms with Gasteiger partial charge in [-0.2, -0.15) is 15.0 Å². The Hall–Kier alpha value is -1.67. The first-order chi connectivity index (χ1) is 15.8. The molecule has 2 fully saturated rings. The van der Waals surface area contributed by atoms with Gasteiger partial charge >= 0.3 is 0 Å². The highest BCUT2D eigenvalue weighted by Gasteiger charge is 2.46. The first-order valence-corrected chi connectivity index (χ1v) is 13.2. The maximum atomic E-state index is 5.07. The Labute approximate surface area is 215 Å². The maximum absolute atomic E-state index is 5.07. The zero-order valence-corrected chi connectivity index (χ0v) is 25.1. The molecule has 35 heavy (non-hydrogen) atoms. The van der Waals surface area contributed by atoms with Gasteiger partial charge in [0, 0.05) is 62.4 Å². The fourth-order valence-electron chi connectivity index (χ4n) is 6.37. The number of hydrogen-bond acceptors (Lipinski definition) is 8. The molecule has 0 unspecified atom stereocenters. The minimum absolute atomic E-state index is 0.100. The molecule has 8 nitrogen and oxygen atoms in total. The van der Waals surface area contributed by atoms with Crippen molar-refractivity contribution >= 4 is 17.8 Å². The molecule has 0 bridgehead atoms. The minimum Gasteiger partial charge on any atom is -0.347 e. The second-order valence-corrected chi connectivity index (χ2v) is 13.8. The molecule has 3 rings (SSSR count). The van der Waals surface area contributed by atoms with Crippen LogP contribution in [0.5, 0.6) is 0 Å². The van der Waals surface area contributed by atoms with Crippen molar-refractivity contribution in [3.8, 4) is 0 Å². The predicted octanol–water partition coefficient (Wildman–Crippen LogP) is 4.11. The molecule has 0 aromatic carbocycles. The summed E-state index contributed by atoms with van der Waals surface area (Å²) in [6.07, 6.45) is 4.26. The van der Waals surface area contributed by atoms with E-state index in [2.05, 4.69) is 103 Å². The quantitative estimate of drug-likeness (QED) is 0.614. The lowest BCUT2D eigenvalue weighted by Gasteiger charge is -2.55. The molecule has 2 saturated heterocycles. The summed E-state index contributed by atoms with van der Waals surface area (Å²) in [4.78, 5) is 26.5. The second-order valence-electron chi connectivity index (χ2n) is 13.8. The van der Waals surface area contributed by atoms with Crippen molar-refractivity contribution in [1.82, 2.24) is 24.8 Å². The Morgan fingerprint density at radius 3 is 1.06 bits per heavy atom. The van der Waals surface area contributed by atoms with E-state index in [0.717, 1.165) is 37.6 Å². The monoisotopic (exact) mass is 488 g/mol. The highest BCUT2D eigenvalue weighted by Crippen LogP contribution is 2.41. The molecule has 0 N–H and O–H groups in total. The molecule has 0 saturated carbocycles. The van der Waals surface area contributed by atoms with E-state index in [-0.39, 0.29) is 22.2 Å². The zero-order valence-electron chi connectivity index (χ0n) is 25.1. The van der Waals surface area contributed by atoms with Crippen molar-refractivity contribution < 1.29 is 0 Å². The molecule has 0 amide bonds. The number of hydrogen-bond donors (Lipinski definition) is 0. The van der Waals surface area contributed by atoms with Gasteiger partial charge in [-0.25, -0.2) is 0 Å². The van der Waals surface area contributed by atoms with E-state index in [9.17, 15) is 0 Å². The minimum atomic E-state index is 0.100. The van der Waals surface area contributed by atoms with E-state index >= 15 is 0 Å². The van der Waals surface area contributed by atoms with Gasteiger partial charge in [0.05, 0.1) is 0 Å². The Bertz CT molecular complexity index is 804. The molecule has 0 spiro atoms. The average Bonchev–Trinajstić information content (AvgIpc) is 2.73. The number of rotatable bonds is 5. The van der Waals surface area contributed by atoms with Crippen molar-refractivity contribution in [2.24, 2.45) is 0 Å². The molecule has 2 aliphatic heterocycles. The lowest BCUT2D eigenvalue weighted by Crippen LogP contribution is -2.62. The number of aromatic nitrogens is 3. The summed E-state index contributed by atoms with van der Waals surface area (Å²) in [6, 6.07) is 0.709. The highest BCUT2D eigenvalue weighted by molar-refractivity contribution is 5.47. The number of piperidine rings is 2. The molecule has 3 heterocycles. The molecule has 0 atom stereocenters.